The maximum Gasteiger partial charge on any atom is 0.315 e. The van der Waals surface area contributed by atoms with Crippen molar-refractivity contribution in [2.75, 3.05) is 6.54 Å². The van der Waals surface area contributed by atoms with E-state index in [1.807, 2.05) is 20.8 Å². The van der Waals surface area contributed by atoms with Crippen LogP contribution in [0.3, 0.4) is 0 Å². The lowest BCUT2D eigenvalue weighted by molar-refractivity contribution is 0.232. The fourth-order valence-electron chi connectivity index (χ4n) is 1.12. The Bertz CT molecular complexity index is 300. The fourth-order valence-corrected chi connectivity index (χ4v) is 1.12. The molecule has 1 aromatic heterocycles. The number of aromatic amines is 1. The van der Waals surface area contributed by atoms with Gasteiger partial charge in [0.2, 0.25) is 0 Å². The van der Waals surface area contributed by atoms with Crippen LogP contribution in [0.4, 0.5) is 4.79 Å². The van der Waals surface area contributed by atoms with Crippen LogP contribution in [0.1, 0.15) is 26.5 Å². The highest BCUT2D eigenvalue weighted by molar-refractivity contribution is 5.74. The average Bonchev–Trinajstić information content (AvgIpc) is 2.53. The van der Waals surface area contributed by atoms with E-state index in [1.165, 1.54) is 0 Å². The van der Waals surface area contributed by atoms with Gasteiger partial charge in [0.15, 0.2) is 0 Å². The first-order valence-corrected chi connectivity index (χ1v) is 5.00. The fraction of sp³-hybridized carbons (Fsp3) is 0.600. The van der Waals surface area contributed by atoms with Crippen molar-refractivity contribution in [1.29, 1.82) is 0 Å². The van der Waals surface area contributed by atoms with Gasteiger partial charge in [-0.05, 0) is 20.8 Å². The molecule has 0 bridgehead atoms. The van der Waals surface area contributed by atoms with Crippen LogP contribution in [0.5, 0.6) is 0 Å². The Hall–Kier alpha value is -1.52. The SMILES string of the molecule is CC(C)(C)NC(=O)NCCc1cnc[nH]1. The topological polar surface area (TPSA) is 69.8 Å². The van der Waals surface area contributed by atoms with E-state index in [1.54, 1.807) is 12.5 Å². The molecule has 0 spiro atoms. The van der Waals surface area contributed by atoms with E-state index in [4.69, 9.17) is 0 Å². The third kappa shape index (κ3) is 5.05. The van der Waals surface area contributed by atoms with Crippen LogP contribution in [0.25, 0.3) is 0 Å². The lowest BCUT2D eigenvalue weighted by Gasteiger charge is -2.20. The molecule has 0 radical (unpaired) electrons. The molecule has 84 valence electrons. The van der Waals surface area contributed by atoms with E-state index in [-0.39, 0.29) is 11.6 Å². The summed E-state index contributed by atoms with van der Waals surface area (Å²) in [5, 5.41) is 5.60. The zero-order chi connectivity index (χ0) is 11.3. The summed E-state index contributed by atoms with van der Waals surface area (Å²) in [6, 6.07) is -0.137. The van der Waals surface area contributed by atoms with Crippen molar-refractivity contribution in [2.24, 2.45) is 0 Å². The molecule has 0 aliphatic rings. The van der Waals surface area contributed by atoms with Crippen molar-refractivity contribution < 1.29 is 4.79 Å². The Kier molecular flexibility index (Phi) is 3.71. The Balaban J connectivity index is 2.18. The second kappa shape index (κ2) is 4.82. The normalized spacial score (nSPS) is 11.1. The monoisotopic (exact) mass is 210 g/mol. The highest BCUT2D eigenvalue weighted by Crippen LogP contribution is 1.97. The number of hydrogen-bond acceptors (Lipinski definition) is 2. The molecule has 0 saturated carbocycles. The van der Waals surface area contributed by atoms with Gasteiger partial charge in [-0.1, -0.05) is 0 Å². The first kappa shape index (κ1) is 11.6. The van der Waals surface area contributed by atoms with E-state index in [0.29, 0.717) is 6.54 Å². The zero-order valence-electron chi connectivity index (χ0n) is 9.42. The van der Waals surface area contributed by atoms with Crippen LogP contribution in [0.2, 0.25) is 0 Å². The summed E-state index contributed by atoms with van der Waals surface area (Å²) in [5.74, 6) is 0. The molecule has 0 unspecified atom stereocenters. The summed E-state index contributed by atoms with van der Waals surface area (Å²) in [4.78, 5) is 18.2. The number of rotatable bonds is 3. The van der Waals surface area contributed by atoms with Crippen molar-refractivity contribution in [1.82, 2.24) is 20.6 Å². The second-order valence-corrected chi connectivity index (χ2v) is 4.46. The van der Waals surface area contributed by atoms with Gasteiger partial charge in [0.1, 0.15) is 0 Å². The first-order chi connectivity index (χ1) is 6.97. The van der Waals surface area contributed by atoms with Crippen LogP contribution < -0.4 is 10.6 Å². The van der Waals surface area contributed by atoms with E-state index >= 15 is 0 Å². The minimum absolute atomic E-state index is 0.137. The molecule has 0 aromatic carbocycles. The molecule has 0 fully saturated rings. The van der Waals surface area contributed by atoms with Crippen LogP contribution in [-0.4, -0.2) is 28.1 Å². The number of aromatic nitrogens is 2. The van der Waals surface area contributed by atoms with E-state index < -0.39 is 0 Å². The van der Waals surface area contributed by atoms with Crippen molar-refractivity contribution >= 4 is 6.03 Å². The highest BCUT2D eigenvalue weighted by atomic mass is 16.2. The van der Waals surface area contributed by atoms with Gasteiger partial charge in [0, 0.05) is 30.4 Å². The molecule has 0 aliphatic heterocycles. The Morgan fingerprint density at radius 3 is 2.80 bits per heavy atom. The number of carbonyl (C=O) groups excluding carboxylic acids is 1. The molecule has 0 aliphatic carbocycles. The van der Waals surface area contributed by atoms with Crippen LogP contribution >= 0.6 is 0 Å². The van der Waals surface area contributed by atoms with Crippen molar-refractivity contribution in [3.8, 4) is 0 Å². The third-order valence-electron chi connectivity index (χ3n) is 1.72. The number of urea groups is 1. The smallest absolute Gasteiger partial charge is 0.315 e. The van der Waals surface area contributed by atoms with Gasteiger partial charge < -0.3 is 15.6 Å². The Labute approximate surface area is 89.7 Å². The molecule has 2 amide bonds. The lowest BCUT2D eigenvalue weighted by atomic mass is 10.1. The summed E-state index contributed by atoms with van der Waals surface area (Å²) in [6.07, 6.45) is 4.14. The average molecular weight is 210 g/mol. The Morgan fingerprint density at radius 1 is 1.53 bits per heavy atom. The maximum atomic E-state index is 11.3. The molecule has 15 heavy (non-hydrogen) atoms. The minimum atomic E-state index is -0.196. The van der Waals surface area contributed by atoms with Crippen molar-refractivity contribution in [2.45, 2.75) is 32.7 Å². The molecule has 0 saturated heterocycles. The van der Waals surface area contributed by atoms with Crippen LogP contribution in [-0.2, 0) is 6.42 Å². The van der Waals surface area contributed by atoms with E-state index in [9.17, 15) is 4.79 Å². The molecule has 1 heterocycles. The summed E-state index contributed by atoms with van der Waals surface area (Å²) < 4.78 is 0. The van der Waals surface area contributed by atoms with Gasteiger partial charge in [0.25, 0.3) is 0 Å². The van der Waals surface area contributed by atoms with Gasteiger partial charge in [-0.15, -0.1) is 0 Å². The molecule has 5 nitrogen and oxygen atoms in total. The van der Waals surface area contributed by atoms with E-state index in [0.717, 1.165) is 12.1 Å². The number of amides is 2. The number of nitrogens with one attached hydrogen (secondary N) is 3. The van der Waals surface area contributed by atoms with Gasteiger partial charge in [-0.25, -0.2) is 9.78 Å². The number of imidazole rings is 1. The highest BCUT2D eigenvalue weighted by Gasteiger charge is 2.12. The second-order valence-electron chi connectivity index (χ2n) is 4.46. The summed E-state index contributed by atoms with van der Waals surface area (Å²) in [6.45, 7) is 6.44. The van der Waals surface area contributed by atoms with Gasteiger partial charge in [-0.3, -0.25) is 0 Å². The zero-order valence-corrected chi connectivity index (χ0v) is 9.42. The van der Waals surface area contributed by atoms with Gasteiger partial charge in [-0.2, -0.15) is 0 Å². The third-order valence-corrected chi connectivity index (χ3v) is 1.72. The predicted octanol–water partition coefficient (Wildman–Crippen LogP) is 1.05. The summed E-state index contributed by atoms with van der Waals surface area (Å²) in [7, 11) is 0. The molecule has 3 N–H and O–H groups in total. The van der Waals surface area contributed by atoms with Crippen molar-refractivity contribution in [3.63, 3.8) is 0 Å². The predicted molar refractivity (Wildman–Crippen MR) is 58.6 cm³/mol. The Morgan fingerprint density at radius 2 is 2.27 bits per heavy atom. The molecular weight excluding hydrogens is 192 g/mol. The number of H-pyrrole nitrogens is 1. The van der Waals surface area contributed by atoms with Gasteiger partial charge >= 0.3 is 6.03 Å². The molecular formula is C10H18N4O. The van der Waals surface area contributed by atoms with Crippen LogP contribution in [0, 0.1) is 0 Å². The van der Waals surface area contributed by atoms with Crippen molar-refractivity contribution in [3.05, 3.63) is 18.2 Å². The number of nitrogens with zero attached hydrogens (tertiary/aromatic N) is 1. The quantitative estimate of drug-likeness (QED) is 0.698. The van der Waals surface area contributed by atoms with E-state index in [2.05, 4.69) is 20.6 Å². The molecule has 5 heteroatoms. The maximum absolute atomic E-state index is 11.3. The lowest BCUT2D eigenvalue weighted by Crippen LogP contribution is -2.46. The van der Waals surface area contributed by atoms with Gasteiger partial charge in [0.05, 0.1) is 6.33 Å². The first-order valence-electron chi connectivity index (χ1n) is 5.00. The standard InChI is InChI=1S/C10H18N4O/c1-10(2,3)14-9(15)12-5-4-8-6-11-7-13-8/h6-7H,4-5H2,1-3H3,(H,11,13)(H2,12,14,15). The molecule has 1 rings (SSSR count). The summed E-state index contributed by atoms with van der Waals surface area (Å²) >= 11 is 0. The largest absolute Gasteiger partial charge is 0.348 e. The minimum Gasteiger partial charge on any atom is -0.348 e. The molecule has 0 atom stereocenters. The molecule has 1 aromatic rings. The number of carbonyl (C=O) groups is 1. The number of hydrogen-bond donors (Lipinski definition) is 3. The summed E-state index contributed by atoms with van der Waals surface area (Å²) in [5.41, 5.74) is 0.823. The van der Waals surface area contributed by atoms with Crippen LogP contribution in [0.15, 0.2) is 12.5 Å².